The van der Waals surface area contributed by atoms with E-state index in [0.29, 0.717) is 11.4 Å². The van der Waals surface area contributed by atoms with Crippen LogP contribution in [0.3, 0.4) is 0 Å². The average molecular weight is 261 g/mol. The van der Waals surface area contributed by atoms with E-state index < -0.39 is 17.4 Å². The van der Waals surface area contributed by atoms with Gasteiger partial charge >= 0.3 is 5.97 Å². The maximum Gasteiger partial charge on any atom is 0.313 e. The molecule has 0 amide bonds. The van der Waals surface area contributed by atoms with Crippen LogP contribution in [0.25, 0.3) is 0 Å². The van der Waals surface area contributed by atoms with E-state index in [2.05, 4.69) is 16.4 Å². The highest BCUT2D eigenvalue weighted by molar-refractivity contribution is 5.76. The van der Waals surface area contributed by atoms with Crippen LogP contribution in [0.4, 0.5) is 5.82 Å². The molecule has 0 saturated carbocycles. The number of carbonyl (C=O) groups is 1. The molecule has 1 aliphatic rings. The fourth-order valence-corrected chi connectivity index (χ4v) is 2.06. The summed E-state index contributed by atoms with van der Waals surface area (Å²) in [5.74, 6) is -0.515. The van der Waals surface area contributed by atoms with Crippen LogP contribution in [0.2, 0.25) is 0 Å². The number of nitrogens with zero attached hydrogens (tertiary/aromatic N) is 2. The second kappa shape index (κ2) is 4.86. The third kappa shape index (κ3) is 2.25. The number of anilines is 1. The average Bonchev–Trinajstić information content (AvgIpc) is 2.73. The first-order chi connectivity index (χ1) is 8.99. The zero-order chi connectivity index (χ0) is 14.0. The Balaban J connectivity index is 2.30. The largest absolute Gasteiger partial charge is 0.481 e. The Morgan fingerprint density at radius 1 is 1.74 bits per heavy atom. The minimum atomic E-state index is -1.02. The molecule has 0 spiro atoms. The Morgan fingerprint density at radius 2 is 2.47 bits per heavy atom. The molecule has 2 atom stereocenters. The molecule has 0 radical (unpaired) electrons. The molecule has 1 saturated heterocycles. The van der Waals surface area contributed by atoms with Crippen LogP contribution < -0.4 is 5.32 Å². The van der Waals surface area contributed by atoms with E-state index in [-0.39, 0.29) is 13.2 Å². The number of pyridine rings is 1. The number of rotatable bonds is 3. The van der Waals surface area contributed by atoms with Crippen molar-refractivity contribution in [2.75, 3.05) is 18.5 Å². The van der Waals surface area contributed by atoms with Crippen molar-refractivity contribution in [3.05, 3.63) is 23.4 Å². The van der Waals surface area contributed by atoms with Crippen molar-refractivity contribution < 1.29 is 14.6 Å². The van der Waals surface area contributed by atoms with Gasteiger partial charge in [0.05, 0.1) is 24.8 Å². The van der Waals surface area contributed by atoms with Crippen LogP contribution >= 0.6 is 0 Å². The van der Waals surface area contributed by atoms with Crippen LogP contribution in [0.1, 0.15) is 18.1 Å². The lowest BCUT2D eigenvalue weighted by molar-refractivity contribution is -0.148. The topological polar surface area (TPSA) is 95.2 Å². The second-order valence-corrected chi connectivity index (χ2v) is 4.90. The van der Waals surface area contributed by atoms with Crippen LogP contribution in [0.15, 0.2) is 12.3 Å². The molecule has 0 aliphatic carbocycles. The van der Waals surface area contributed by atoms with Crippen molar-refractivity contribution in [2.45, 2.75) is 19.9 Å². The zero-order valence-corrected chi connectivity index (χ0v) is 10.8. The molecule has 6 nitrogen and oxygen atoms in total. The Bertz CT molecular complexity index is 553. The first-order valence-electron chi connectivity index (χ1n) is 5.92. The van der Waals surface area contributed by atoms with Crippen molar-refractivity contribution in [1.29, 1.82) is 5.26 Å². The van der Waals surface area contributed by atoms with Gasteiger partial charge in [0.15, 0.2) is 0 Å². The summed E-state index contributed by atoms with van der Waals surface area (Å²) in [5, 5.41) is 21.5. The lowest BCUT2D eigenvalue weighted by atomic mass is 9.85. The molecule has 1 aliphatic heterocycles. The van der Waals surface area contributed by atoms with Gasteiger partial charge in [-0.05, 0) is 25.5 Å². The summed E-state index contributed by atoms with van der Waals surface area (Å²) in [5.41, 5.74) is 0.219. The molecule has 100 valence electrons. The number of hydrogen-bond donors (Lipinski definition) is 2. The quantitative estimate of drug-likeness (QED) is 0.847. The summed E-state index contributed by atoms with van der Waals surface area (Å²) in [6.45, 7) is 3.87. The van der Waals surface area contributed by atoms with E-state index in [4.69, 9.17) is 10.00 Å². The standard InChI is InChI=1S/C13H15N3O3/c1-8-3-4-15-11(9(8)5-14)16-10-6-19-7-13(10,2)12(17)18/h3-4,10H,6-7H2,1-2H3,(H,15,16)(H,17,18). The molecule has 2 heterocycles. The summed E-state index contributed by atoms with van der Waals surface area (Å²) in [4.78, 5) is 15.5. The molecule has 0 aromatic carbocycles. The number of aromatic nitrogens is 1. The number of nitrogens with one attached hydrogen (secondary N) is 1. The van der Waals surface area contributed by atoms with Gasteiger partial charge in [-0.2, -0.15) is 5.26 Å². The van der Waals surface area contributed by atoms with Crippen LogP contribution in [0.5, 0.6) is 0 Å². The fourth-order valence-electron chi connectivity index (χ4n) is 2.06. The normalized spacial score (nSPS) is 25.8. The van der Waals surface area contributed by atoms with Crippen LogP contribution in [-0.4, -0.2) is 35.3 Å². The lowest BCUT2D eigenvalue weighted by Crippen LogP contribution is -2.43. The minimum absolute atomic E-state index is 0.147. The van der Waals surface area contributed by atoms with Gasteiger partial charge in [0.25, 0.3) is 0 Å². The van der Waals surface area contributed by atoms with Gasteiger partial charge < -0.3 is 15.2 Å². The van der Waals surface area contributed by atoms with E-state index in [9.17, 15) is 9.90 Å². The van der Waals surface area contributed by atoms with Crippen LogP contribution in [-0.2, 0) is 9.53 Å². The molecular formula is C13H15N3O3. The number of carboxylic acids is 1. The van der Waals surface area contributed by atoms with Crippen molar-refractivity contribution in [2.24, 2.45) is 5.41 Å². The summed E-state index contributed by atoms with van der Waals surface area (Å²) >= 11 is 0. The number of aliphatic carboxylic acids is 1. The molecule has 0 bridgehead atoms. The number of carboxylic acid groups (broad SMARTS) is 1. The maximum absolute atomic E-state index is 11.3. The fraction of sp³-hybridized carbons (Fsp3) is 0.462. The molecule has 2 N–H and O–H groups in total. The van der Waals surface area contributed by atoms with E-state index in [1.807, 2.05) is 6.92 Å². The SMILES string of the molecule is Cc1ccnc(NC2COCC2(C)C(=O)O)c1C#N. The highest BCUT2D eigenvalue weighted by atomic mass is 16.5. The van der Waals surface area contributed by atoms with E-state index in [1.165, 1.54) is 0 Å². The lowest BCUT2D eigenvalue weighted by Gasteiger charge is -2.26. The predicted octanol–water partition coefficient (Wildman–Crippen LogP) is 1.16. The monoisotopic (exact) mass is 261 g/mol. The Hall–Kier alpha value is -2.13. The molecule has 6 heteroatoms. The molecule has 1 aromatic rings. The summed E-state index contributed by atoms with van der Waals surface area (Å²) in [6.07, 6.45) is 1.59. The van der Waals surface area contributed by atoms with Gasteiger partial charge in [-0.1, -0.05) is 0 Å². The van der Waals surface area contributed by atoms with Crippen molar-refractivity contribution in [3.8, 4) is 6.07 Å². The Morgan fingerprint density at radius 3 is 3.11 bits per heavy atom. The summed E-state index contributed by atoms with van der Waals surface area (Å²) in [6, 6.07) is 3.41. The number of hydrogen-bond acceptors (Lipinski definition) is 5. The molecular weight excluding hydrogens is 246 g/mol. The third-order valence-corrected chi connectivity index (χ3v) is 3.53. The van der Waals surface area contributed by atoms with Crippen molar-refractivity contribution in [1.82, 2.24) is 4.98 Å². The Labute approximate surface area is 111 Å². The van der Waals surface area contributed by atoms with Crippen molar-refractivity contribution >= 4 is 11.8 Å². The molecule has 1 fully saturated rings. The van der Waals surface area contributed by atoms with Gasteiger partial charge in [-0.25, -0.2) is 4.98 Å². The van der Waals surface area contributed by atoms with E-state index in [1.54, 1.807) is 19.2 Å². The van der Waals surface area contributed by atoms with Crippen molar-refractivity contribution in [3.63, 3.8) is 0 Å². The minimum Gasteiger partial charge on any atom is -0.481 e. The van der Waals surface area contributed by atoms with E-state index in [0.717, 1.165) is 5.56 Å². The molecule has 1 aromatic heterocycles. The number of ether oxygens (including phenoxy) is 1. The number of nitriles is 1. The smallest absolute Gasteiger partial charge is 0.313 e. The summed E-state index contributed by atoms with van der Waals surface area (Å²) < 4.78 is 5.26. The van der Waals surface area contributed by atoms with Gasteiger partial charge in [-0.3, -0.25) is 4.79 Å². The van der Waals surface area contributed by atoms with Gasteiger partial charge in [0.2, 0.25) is 0 Å². The highest BCUT2D eigenvalue weighted by Gasteiger charge is 2.47. The number of aryl methyl sites for hydroxylation is 1. The molecule has 2 rings (SSSR count). The first kappa shape index (κ1) is 13.3. The molecule has 2 unspecified atom stereocenters. The maximum atomic E-state index is 11.3. The second-order valence-electron chi connectivity index (χ2n) is 4.90. The van der Waals surface area contributed by atoms with Gasteiger partial charge in [0.1, 0.15) is 17.3 Å². The zero-order valence-electron chi connectivity index (χ0n) is 10.8. The Kier molecular flexibility index (Phi) is 3.40. The summed E-state index contributed by atoms with van der Waals surface area (Å²) in [7, 11) is 0. The molecule has 19 heavy (non-hydrogen) atoms. The first-order valence-corrected chi connectivity index (χ1v) is 5.92. The van der Waals surface area contributed by atoms with Gasteiger partial charge in [-0.15, -0.1) is 0 Å². The third-order valence-electron chi connectivity index (χ3n) is 3.53. The van der Waals surface area contributed by atoms with Crippen LogP contribution in [0, 0.1) is 23.7 Å². The highest BCUT2D eigenvalue weighted by Crippen LogP contribution is 2.31. The van der Waals surface area contributed by atoms with E-state index >= 15 is 0 Å². The van der Waals surface area contributed by atoms with Gasteiger partial charge in [0, 0.05) is 6.20 Å². The predicted molar refractivity (Wildman–Crippen MR) is 67.7 cm³/mol.